The quantitative estimate of drug-likeness (QED) is 0.724. The summed E-state index contributed by atoms with van der Waals surface area (Å²) in [6.07, 6.45) is 5.18. The summed E-state index contributed by atoms with van der Waals surface area (Å²) < 4.78 is 5.35. The van der Waals surface area contributed by atoms with Gasteiger partial charge in [0.1, 0.15) is 0 Å². The smallest absolute Gasteiger partial charge is 0.237 e. The first-order valence-electron chi connectivity index (χ1n) is 9.97. The van der Waals surface area contributed by atoms with Crippen LogP contribution in [0.25, 0.3) is 0 Å². The zero-order valence-electron chi connectivity index (χ0n) is 16.2. The number of amides is 2. The van der Waals surface area contributed by atoms with Crippen molar-refractivity contribution in [3.63, 3.8) is 0 Å². The van der Waals surface area contributed by atoms with Crippen LogP contribution in [0.3, 0.4) is 0 Å². The van der Waals surface area contributed by atoms with Crippen molar-refractivity contribution in [3.05, 3.63) is 35.9 Å². The van der Waals surface area contributed by atoms with E-state index >= 15 is 0 Å². The van der Waals surface area contributed by atoms with E-state index in [0.29, 0.717) is 13.2 Å². The lowest BCUT2D eigenvalue weighted by Crippen LogP contribution is -2.58. The number of methoxy groups -OCH3 is 1. The lowest BCUT2D eigenvalue weighted by atomic mass is 9.97. The number of hydrogen-bond acceptors (Lipinski definition) is 4. The summed E-state index contributed by atoms with van der Waals surface area (Å²) in [5.74, 6) is -0.0996. The van der Waals surface area contributed by atoms with Gasteiger partial charge in [0, 0.05) is 26.7 Å². The van der Waals surface area contributed by atoms with Crippen LogP contribution in [0, 0.1) is 0 Å². The van der Waals surface area contributed by atoms with E-state index in [-0.39, 0.29) is 23.8 Å². The van der Waals surface area contributed by atoms with Gasteiger partial charge >= 0.3 is 0 Å². The van der Waals surface area contributed by atoms with Crippen molar-refractivity contribution >= 4 is 11.8 Å². The summed E-state index contributed by atoms with van der Waals surface area (Å²) in [5.41, 5.74) is 0.989. The molecule has 1 aromatic carbocycles. The Hall–Kier alpha value is -1.92. The standard InChI is InChI=1S/C21H31N3O3/c1-27-16-21(10-5-6-11-21)23-19(25)15-18-20(26)22-12-14-24(18)13-9-17-7-3-2-4-8-17/h2-4,7-8,18H,5-6,9-16H2,1H3,(H,22,26)(H,23,25)/t18-/m1/s1. The molecule has 2 aliphatic rings. The fourth-order valence-corrected chi connectivity index (χ4v) is 4.32. The Balaban J connectivity index is 1.59. The molecule has 0 spiro atoms. The summed E-state index contributed by atoms with van der Waals surface area (Å²) in [7, 11) is 1.67. The third-order valence-electron chi connectivity index (χ3n) is 5.74. The fraction of sp³-hybridized carbons (Fsp3) is 0.619. The number of rotatable bonds is 8. The molecule has 1 atom stereocenters. The van der Waals surface area contributed by atoms with Crippen molar-refractivity contribution in [2.75, 3.05) is 33.4 Å². The first-order valence-corrected chi connectivity index (χ1v) is 9.97. The third-order valence-corrected chi connectivity index (χ3v) is 5.74. The topological polar surface area (TPSA) is 70.7 Å². The zero-order chi connectivity index (χ0) is 19.1. The molecule has 27 heavy (non-hydrogen) atoms. The number of nitrogens with one attached hydrogen (secondary N) is 2. The predicted octanol–water partition coefficient (Wildman–Crippen LogP) is 1.50. The normalized spacial score (nSPS) is 22.4. The number of ether oxygens (including phenoxy) is 1. The molecule has 1 saturated carbocycles. The minimum atomic E-state index is -0.400. The minimum absolute atomic E-state index is 0.0447. The Morgan fingerprint density at radius 3 is 2.74 bits per heavy atom. The van der Waals surface area contributed by atoms with Crippen LogP contribution in [0.15, 0.2) is 30.3 Å². The largest absolute Gasteiger partial charge is 0.382 e. The number of nitrogens with zero attached hydrogens (tertiary/aromatic N) is 1. The van der Waals surface area contributed by atoms with Crippen LogP contribution in [-0.4, -0.2) is 61.6 Å². The van der Waals surface area contributed by atoms with Crippen molar-refractivity contribution in [1.29, 1.82) is 0 Å². The molecule has 148 valence electrons. The summed E-state index contributed by atoms with van der Waals surface area (Å²) in [6, 6.07) is 9.85. The Kier molecular flexibility index (Phi) is 6.85. The molecular weight excluding hydrogens is 342 g/mol. The predicted molar refractivity (Wildman–Crippen MR) is 104 cm³/mol. The Morgan fingerprint density at radius 1 is 1.30 bits per heavy atom. The van der Waals surface area contributed by atoms with Crippen LogP contribution >= 0.6 is 0 Å². The number of carbonyl (C=O) groups is 2. The first kappa shape index (κ1) is 19.8. The highest BCUT2D eigenvalue weighted by Gasteiger charge is 2.37. The molecule has 2 fully saturated rings. The highest BCUT2D eigenvalue weighted by molar-refractivity contribution is 5.89. The van der Waals surface area contributed by atoms with Crippen molar-refractivity contribution in [3.8, 4) is 0 Å². The van der Waals surface area contributed by atoms with Crippen LogP contribution in [0.5, 0.6) is 0 Å². The van der Waals surface area contributed by atoms with Gasteiger partial charge in [-0.3, -0.25) is 14.5 Å². The van der Waals surface area contributed by atoms with Gasteiger partial charge in [0.2, 0.25) is 11.8 Å². The van der Waals surface area contributed by atoms with E-state index in [0.717, 1.165) is 45.2 Å². The Labute approximate surface area is 161 Å². The lowest BCUT2D eigenvalue weighted by Gasteiger charge is -2.36. The second kappa shape index (κ2) is 9.33. The van der Waals surface area contributed by atoms with Crippen LogP contribution in [-0.2, 0) is 20.7 Å². The molecule has 1 aliphatic heterocycles. The molecule has 1 aliphatic carbocycles. The van der Waals surface area contributed by atoms with E-state index in [2.05, 4.69) is 27.7 Å². The highest BCUT2D eigenvalue weighted by Crippen LogP contribution is 2.30. The molecule has 3 rings (SSSR count). The van der Waals surface area contributed by atoms with Gasteiger partial charge in [0.05, 0.1) is 24.6 Å². The average molecular weight is 373 g/mol. The number of carbonyl (C=O) groups excluding carboxylic acids is 2. The second-order valence-corrected chi connectivity index (χ2v) is 7.75. The van der Waals surface area contributed by atoms with Gasteiger partial charge < -0.3 is 15.4 Å². The van der Waals surface area contributed by atoms with Crippen molar-refractivity contribution in [2.45, 2.75) is 50.1 Å². The van der Waals surface area contributed by atoms with Crippen LogP contribution in [0.1, 0.15) is 37.7 Å². The maximum absolute atomic E-state index is 12.7. The molecule has 0 aromatic heterocycles. The maximum Gasteiger partial charge on any atom is 0.237 e. The van der Waals surface area contributed by atoms with E-state index in [9.17, 15) is 9.59 Å². The van der Waals surface area contributed by atoms with Crippen molar-refractivity contribution < 1.29 is 14.3 Å². The highest BCUT2D eigenvalue weighted by atomic mass is 16.5. The molecule has 6 nitrogen and oxygen atoms in total. The van der Waals surface area contributed by atoms with Gasteiger partial charge in [-0.15, -0.1) is 0 Å². The molecule has 0 radical (unpaired) electrons. The zero-order valence-corrected chi connectivity index (χ0v) is 16.2. The number of benzene rings is 1. The number of hydrogen-bond donors (Lipinski definition) is 2. The lowest BCUT2D eigenvalue weighted by molar-refractivity contribution is -0.134. The van der Waals surface area contributed by atoms with Gasteiger partial charge in [0.25, 0.3) is 0 Å². The van der Waals surface area contributed by atoms with Crippen molar-refractivity contribution in [1.82, 2.24) is 15.5 Å². The second-order valence-electron chi connectivity index (χ2n) is 7.75. The average Bonchev–Trinajstić information content (AvgIpc) is 3.11. The molecule has 1 saturated heterocycles. The van der Waals surface area contributed by atoms with Crippen LogP contribution in [0.4, 0.5) is 0 Å². The Morgan fingerprint density at radius 2 is 2.04 bits per heavy atom. The van der Waals surface area contributed by atoms with E-state index < -0.39 is 6.04 Å². The molecule has 1 aromatic rings. The van der Waals surface area contributed by atoms with E-state index in [1.807, 2.05) is 18.2 Å². The first-order chi connectivity index (χ1) is 13.1. The van der Waals surface area contributed by atoms with Gasteiger partial charge in [-0.1, -0.05) is 43.2 Å². The molecule has 2 N–H and O–H groups in total. The minimum Gasteiger partial charge on any atom is -0.382 e. The van der Waals surface area contributed by atoms with Gasteiger partial charge in [-0.2, -0.15) is 0 Å². The summed E-state index contributed by atoms with van der Waals surface area (Å²) in [5, 5.41) is 6.09. The van der Waals surface area contributed by atoms with Gasteiger partial charge in [0.15, 0.2) is 0 Å². The molecule has 1 heterocycles. The fourth-order valence-electron chi connectivity index (χ4n) is 4.32. The SMILES string of the molecule is COCC1(NC(=O)C[C@@H]2C(=O)NCCN2CCc2ccccc2)CCCC1. The van der Waals surface area contributed by atoms with Gasteiger partial charge in [-0.25, -0.2) is 0 Å². The van der Waals surface area contributed by atoms with E-state index in [1.165, 1.54) is 5.56 Å². The molecule has 6 heteroatoms. The van der Waals surface area contributed by atoms with Crippen LogP contribution < -0.4 is 10.6 Å². The maximum atomic E-state index is 12.7. The number of piperazine rings is 1. The molecule has 0 unspecified atom stereocenters. The molecule has 2 amide bonds. The third kappa shape index (κ3) is 5.30. The van der Waals surface area contributed by atoms with E-state index in [1.54, 1.807) is 7.11 Å². The summed E-state index contributed by atoms with van der Waals surface area (Å²) in [4.78, 5) is 27.3. The van der Waals surface area contributed by atoms with E-state index in [4.69, 9.17) is 4.74 Å². The Bertz CT molecular complexity index is 629. The summed E-state index contributed by atoms with van der Waals surface area (Å²) >= 11 is 0. The van der Waals surface area contributed by atoms with Crippen molar-refractivity contribution in [2.24, 2.45) is 0 Å². The van der Waals surface area contributed by atoms with Gasteiger partial charge in [-0.05, 0) is 24.8 Å². The monoisotopic (exact) mass is 373 g/mol. The molecular formula is C21H31N3O3. The van der Waals surface area contributed by atoms with Crippen LogP contribution in [0.2, 0.25) is 0 Å². The summed E-state index contributed by atoms with van der Waals surface area (Å²) in [6.45, 7) is 2.73. The molecule has 0 bridgehead atoms.